The van der Waals surface area contributed by atoms with Crippen LogP contribution in [0.25, 0.3) is 0 Å². The van der Waals surface area contributed by atoms with Crippen molar-refractivity contribution in [3.8, 4) is 6.07 Å². The summed E-state index contributed by atoms with van der Waals surface area (Å²) in [5.41, 5.74) is 8.74. The van der Waals surface area contributed by atoms with Gasteiger partial charge in [0, 0.05) is 0 Å². The number of halogens is 1. The Bertz CT molecular complexity index is 390. The lowest BCUT2D eigenvalue weighted by molar-refractivity contribution is 1.00. The topological polar surface area (TPSA) is 98.0 Å². The quantitative estimate of drug-likeness (QED) is 0.393. The predicted octanol–water partition coefficient (Wildman–Crippen LogP) is 0.797. The molecule has 0 spiro atoms. The van der Waals surface area contributed by atoms with E-state index < -0.39 is 0 Å². The van der Waals surface area contributed by atoms with E-state index in [9.17, 15) is 0 Å². The highest BCUT2D eigenvalue weighted by Crippen LogP contribution is 2.00. The molecule has 0 saturated heterocycles. The van der Waals surface area contributed by atoms with Crippen molar-refractivity contribution in [1.29, 1.82) is 10.7 Å². The first-order chi connectivity index (χ1) is 6.72. The normalized spacial score (nSPS) is 9.00. The molecule has 0 aliphatic heterocycles. The molecule has 15 heavy (non-hydrogen) atoms. The number of hydrogen-bond acceptors (Lipinski definition) is 3. The minimum Gasteiger partial charge on any atom is -0.369 e. The molecule has 5 nitrogen and oxygen atoms in total. The maximum Gasteiger partial charge on any atom is 0.206 e. The van der Waals surface area contributed by atoms with E-state index in [-0.39, 0.29) is 18.4 Å². The highest BCUT2D eigenvalue weighted by atomic mass is 35.5. The summed E-state index contributed by atoms with van der Waals surface area (Å²) >= 11 is 0. The van der Waals surface area contributed by atoms with Gasteiger partial charge in [-0.25, -0.2) is 5.43 Å². The van der Waals surface area contributed by atoms with Gasteiger partial charge in [0.1, 0.15) is 0 Å². The second kappa shape index (κ2) is 6.40. The monoisotopic (exact) mass is 223 g/mol. The zero-order valence-electron chi connectivity index (χ0n) is 7.77. The predicted molar refractivity (Wildman–Crippen MR) is 61.0 cm³/mol. The Morgan fingerprint density at radius 1 is 1.47 bits per heavy atom. The zero-order chi connectivity index (χ0) is 10.4. The highest BCUT2D eigenvalue weighted by Gasteiger charge is 1.89. The average molecular weight is 224 g/mol. The maximum absolute atomic E-state index is 8.54. The zero-order valence-corrected chi connectivity index (χ0v) is 8.58. The molecule has 0 amide bonds. The van der Waals surface area contributed by atoms with Crippen LogP contribution in [0.15, 0.2) is 29.4 Å². The molecular weight excluding hydrogens is 214 g/mol. The van der Waals surface area contributed by atoms with Gasteiger partial charge in [-0.1, -0.05) is 12.1 Å². The van der Waals surface area contributed by atoms with Crippen LogP contribution in [0.3, 0.4) is 0 Å². The minimum absolute atomic E-state index is 0. The first-order valence-electron chi connectivity index (χ1n) is 3.85. The molecular formula is C9H10ClN5. The third kappa shape index (κ3) is 4.64. The van der Waals surface area contributed by atoms with E-state index >= 15 is 0 Å². The molecule has 0 bridgehead atoms. The SMILES string of the molecule is Cl.N#Cc1ccc(C=NNC(=N)N)cc1. The molecule has 0 aromatic heterocycles. The highest BCUT2D eigenvalue weighted by molar-refractivity contribution is 5.85. The average Bonchev–Trinajstić information content (AvgIpc) is 2.18. The van der Waals surface area contributed by atoms with Crippen molar-refractivity contribution in [2.24, 2.45) is 10.8 Å². The van der Waals surface area contributed by atoms with Crippen LogP contribution >= 0.6 is 12.4 Å². The number of nitrogens with one attached hydrogen (secondary N) is 2. The van der Waals surface area contributed by atoms with Gasteiger partial charge in [-0.15, -0.1) is 12.4 Å². The number of nitrogens with zero attached hydrogens (tertiary/aromatic N) is 2. The van der Waals surface area contributed by atoms with Crippen LogP contribution in [0.4, 0.5) is 0 Å². The summed E-state index contributed by atoms with van der Waals surface area (Å²) in [7, 11) is 0. The Hall–Kier alpha value is -2.06. The lowest BCUT2D eigenvalue weighted by atomic mass is 10.2. The molecule has 1 rings (SSSR count). The first kappa shape index (κ1) is 12.9. The number of nitriles is 1. The molecule has 4 N–H and O–H groups in total. The summed E-state index contributed by atoms with van der Waals surface area (Å²) < 4.78 is 0. The molecule has 0 radical (unpaired) electrons. The van der Waals surface area contributed by atoms with Crippen LogP contribution < -0.4 is 11.2 Å². The Kier molecular flexibility index (Phi) is 5.52. The lowest BCUT2D eigenvalue weighted by Crippen LogP contribution is -2.25. The van der Waals surface area contributed by atoms with Gasteiger partial charge >= 0.3 is 0 Å². The van der Waals surface area contributed by atoms with E-state index in [1.807, 2.05) is 6.07 Å². The molecule has 0 aliphatic carbocycles. The van der Waals surface area contributed by atoms with E-state index in [2.05, 4.69) is 10.5 Å². The van der Waals surface area contributed by atoms with Crippen LogP contribution in [0.2, 0.25) is 0 Å². The molecule has 0 fully saturated rings. The summed E-state index contributed by atoms with van der Waals surface area (Å²) in [5, 5.41) is 19.1. The third-order valence-electron chi connectivity index (χ3n) is 1.44. The van der Waals surface area contributed by atoms with Crippen molar-refractivity contribution in [2.75, 3.05) is 0 Å². The lowest BCUT2D eigenvalue weighted by Gasteiger charge is -1.94. The van der Waals surface area contributed by atoms with Gasteiger partial charge in [0.05, 0.1) is 17.8 Å². The van der Waals surface area contributed by atoms with Gasteiger partial charge in [-0.05, 0) is 17.7 Å². The van der Waals surface area contributed by atoms with Crippen LogP contribution in [0.1, 0.15) is 11.1 Å². The molecule has 78 valence electrons. The van der Waals surface area contributed by atoms with Gasteiger partial charge < -0.3 is 5.73 Å². The molecule has 0 aliphatic rings. The molecule has 0 saturated carbocycles. The van der Waals surface area contributed by atoms with Crippen LogP contribution in [0, 0.1) is 16.7 Å². The van der Waals surface area contributed by atoms with Gasteiger partial charge in [0.25, 0.3) is 0 Å². The fourth-order valence-corrected chi connectivity index (χ4v) is 0.820. The number of hydrogen-bond donors (Lipinski definition) is 3. The maximum atomic E-state index is 8.54. The van der Waals surface area contributed by atoms with E-state index in [0.29, 0.717) is 5.56 Å². The van der Waals surface area contributed by atoms with E-state index in [0.717, 1.165) is 5.56 Å². The fraction of sp³-hybridized carbons (Fsp3) is 0. The first-order valence-corrected chi connectivity index (χ1v) is 3.85. The molecule has 1 aromatic rings. The van der Waals surface area contributed by atoms with Crippen LogP contribution in [-0.2, 0) is 0 Å². The van der Waals surface area contributed by atoms with Gasteiger partial charge in [-0.2, -0.15) is 10.4 Å². The van der Waals surface area contributed by atoms with Crippen molar-refractivity contribution < 1.29 is 0 Å². The van der Waals surface area contributed by atoms with Crippen molar-refractivity contribution in [2.45, 2.75) is 0 Å². The van der Waals surface area contributed by atoms with Gasteiger partial charge in [0.15, 0.2) is 0 Å². The molecule has 1 aromatic carbocycles. The van der Waals surface area contributed by atoms with E-state index in [1.54, 1.807) is 24.3 Å². The van der Waals surface area contributed by atoms with Crippen molar-refractivity contribution >= 4 is 24.6 Å². The Balaban J connectivity index is 0.00000196. The minimum atomic E-state index is -0.213. The Morgan fingerprint density at radius 3 is 2.53 bits per heavy atom. The fourth-order valence-electron chi connectivity index (χ4n) is 0.820. The van der Waals surface area contributed by atoms with Crippen LogP contribution in [0.5, 0.6) is 0 Å². The summed E-state index contributed by atoms with van der Waals surface area (Å²) in [6.45, 7) is 0. The molecule has 0 heterocycles. The summed E-state index contributed by atoms with van der Waals surface area (Å²) in [4.78, 5) is 0. The number of nitrogens with two attached hydrogens (primary N) is 1. The van der Waals surface area contributed by atoms with Gasteiger partial charge in [0.2, 0.25) is 5.96 Å². The number of rotatable bonds is 2. The van der Waals surface area contributed by atoms with Crippen molar-refractivity contribution in [1.82, 2.24) is 5.43 Å². The van der Waals surface area contributed by atoms with Crippen molar-refractivity contribution in [3.05, 3.63) is 35.4 Å². The van der Waals surface area contributed by atoms with Crippen molar-refractivity contribution in [3.63, 3.8) is 0 Å². The summed E-state index contributed by atoms with van der Waals surface area (Å²) in [6.07, 6.45) is 1.52. The third-order valence-corrected chi connectivity index (χ3v) is 1.44. The second-order valence-electron chi connectivity index (χ2n) is 2.52. The number of guanidine groups is 1. The number of hydrazone groups is 1. The second-order valence-corrected chi connectivity index (χ2v) is 2.52. The molecule has 0 unspecified atom stereocenters. The molecule has 6 heteroatoms. The van der Waals surface area contributed by atoms with E-state index in [4.69, 9.17) is 16.4 Å². The standard InChI is InChI=1S/C9H9N5.ClH/c10-5-7-1-3-8(4-2-7)6-13-14-9(11)12;/h1-4,6H,(H4,11,12,14);1H. The number of benzene rings is 1. The summed E-state index contributed by atoms with van der Waals surface area (Å²) in [5.74, 6) is -0.213. The van der Waals surface area contributed by atoms with Gasteiger partial charge in [-0.3, -0.25) is 5.41 Å². The molecule has 0 atom stereocenters. The van der Waals surface area contributed by atoms with E-state index in [1.165, 1.54) is 6.21 Å². The largest absolute Gasteiger partial charge is 0.369 e. The Morgan fingerprint density at radius 2 is 2.07 bits per heavy atom. The Labute approximate surface area is 93.5 Å². The van der Waals surface area contributed by atoms with Crippen LogP contribution in [-0.4, -0.2) is 12.2 Å². The smallest absolute Gasteiger partial charge is 0.206 e. The summed E-state index contributed by atoms with van der Waals surface area (Å²) in [6, 6.07) is 8.90.